The third-order valence-electron chi connectivity index (χ3n) is 4.25. The Bertz CT molecular complexity index is 680. The van der Waals surface area contributed by atoms with Crippen molar-refractivity contribution >= 4 is 5.91 Å². The van der Waals surface area contributed by atoms with Crippen LogP contribution in [0.15, 0.2) is 34.9 Å². The normalized spacial score (nSPS) is 18.1. The van der Waals surface area contributed by atoms with Gasteiger partial charge in [0, 0.05) is 13.2 Å². The molecule has 2 heterocycles. The number of nitrogens with zero attached hydrogens (tertiary/aromatic N) is 2. The van der Waals surface area contributed by atoms with E-state index in [-0.39, 0.29) is 11.9 Å². The summed E-state index contributed by atoms with van der Waals surface area (Å²) in [6.07, 6.45) is 1.58. The Morgan fingerprint density at radius 3 is 2.75 bits per heavy atom. The van der Waals surface area contributed by atoms with Crippen LogP contribution < -0.4 is 11.1 Å². The van der Waals surface area contributed by atoms with Crippen molar-refractivity contribution in [2.45, 2.75) is 37.8 Å². The van der Waals surface area contributed by atoms with Crippen molar-refractivity contribution in [3.05, 3.63) is 47.6 Å². The number of benzene rings is 1. The highest BCUT2D eigenvalue weighted by Gasteiger charge is 2.36. The lowest BCUT2D eigenvalue weighted by Crippen LogP contribution is -2.57. The Labute approximate surface area is 140 Å². The standard InChI is InChI=1S/C17H22N4O3/c1-12(19-16(22)17(18)7-9-23-10-8-17)15-20-14(24-21-15)11-13-5-3-2-4-6-13/h2-6,12H,7-11,18H2,1H3,(H,19,22). The summed E-state index contributed by atoms with van der Waals surface area (Å²) in [5, 5.41) is 6.85. The summed E-state index contributed by atoms with van der Waals surface area (Å²) >= 11 is 0. The fraction of sp³-hybridized carbons (Fsp3) is 0.471. The summed E-state index contributed by atoms with van der Waals surface area (Å²) in [6.45, 7) is 2.82. The molecule has 0 bridgehead atoms. The second kappa shape index (κ2) is 7.11. The van der Waals surface area contributed by atoms with Crippen LogP contribution in [0.3, 0.4) is 0 Å². The highest BCUT2D eigenvalue weighted by molar-refractivity contribution is 5.86. The number of nitrogens with two attached hydrogens (primary N) is 1. The van der Waals surface area contributed by atoms with Crippen LogP contribution in [0.5, 0.6) is 0 Å². The first-order valence-electron chi connectivity index (χ1n) is 8.11. The van der Waals surface area contributed by atoms with Crippen LogP contribution in [0.2, 0.25) is 0 Å². The first kappa shape index (κ1) is 16.6. The maximum Gasteiger partial charge on any atom is 0.240 e. The Kier molecular flexibility index (Phi) is 4.92. The number of nitrogens with one attached hydrogen (secondary N) is 1. The zero-order chi connectivity index (χ0) is 17.0. The molecule has 1 aromatic heterocycles. The number of carbonyl (C=O) groups is 1. The molecule has 0 aliphatic carbocycles. The van der Waals surface area contributed by atoms with Crippen LogP contribution in [0.1, 0.15) is 43.1 Å². The lowest BCUT2D eigenvalue weighted by atomic mass is 9.90. The average molecular weight is 330 g/mol. The third-order valence-corrected chi connectivity index (χ3v) is 4.25. The van der Waals surface area contributed by atoms with Crippen LogP contribution in [0, 0.1) is 0 Å². The third kappa shape index (κ3) is 3.80. The Morgan fingerprint density at radius 2 is 2.04 bits per heavy atom. The van der Waals surface area contributed by atoms with Gasteiger partial charge in [-0.1, -0.05) is 35.5 Å². The van der Waals surface area contributed by atoms with E-state index >= 15 is 0 Å². The van der Waals surface area contributed by atoms with Crippen molar-refractivity contribution in [1.29, 1.82) is 0 Å². The van der Waals surface area contributed by atoms with Crippen LogP contribution in [-0.4, -0.2) is 34.8 Å². The minimum Gasteiger partial charge on any atom is -0.381 e. The molecule has 1 aromatic carbocycles. The lowest BCUT2D eigenvalue weighted by Gasteiger charge is -2.32. The zero-order valence-electron chi connectivity index (χ0n) is 13.7. The van der Waals surface area contributed by atoms with Gasteiger partial charge >= 0.3 is 0 Å². The predicted molar refractivity (Wildman–Crippen MR) is 87.1 cm³/mol. The molecule has 7 heteroatoms. The molecule has 2 aromatic rings. The highest BCUT2D eigenvalue weighted by atomic mass is 16.5. The number of rotatable bonds is 5. The van der Waals surface area contributed by atoms with E-state index in [2.05, 4.69) is 15.5 Å². The van der Waals surface area contributed by atoms with Gasteiger partial charge in [0.25, 0.3) is 0 Å². The molecule has 7 nitrogen and oxygen atoms in total. The molecule has 1 aliphatic heterocycles. The number of hydrogen-bond donors (Lipinski definition) is 2. The van der Waals surface area contributed by atoms with E-state index in [1.807, 2.05) is 37.3 Å². The molecule has 1 atom stereocenters. The van der Waals surface area contributed by atoms with Crippen LogP contribution in [-0.2, 0) is 16.0 Å². The molecule has 1 fully saturated rings. The fourth-order valence-corrected chi connectivity index (χ4v) is 2.65. The number of amides is 1. The topological polar surface area (TPSA) is 103 Å². The molecular weight excluding hydrogens is 308 g/mol. The molecule has 1 aliphatic rings. The SMILES string of the molecule is CC(NC(=O)C1(N)CCOCC1)c1noc(Cc2ccccc2)n1. The van der Waals surface area contributed by atoms with Crippen LogP contribution in [0.4, 0.5) is 0 Å². The number of aromatic nitrogens is 2. The number of ether oxygens (including phenoxy) is 1. The highest BCUT2D eigenvalue weighted by Crippen LogP contribution is 2.20. The van der Waals surface area contributed by atoms with Gasteiger partial charge in [-0.25, -0.2) is 0 Å². The zero-order valence-corrected chi connectivity index (χ0v) is 13.7. The van der Waals surface area contributed by atoms with Crippen molar-refractivity contribution in [2.75, 3.05) is 13.2 Å². The van der Waals surface area contributed by atoms with E-state index in [0.29, 0.717) is 44.2 Å². The second-order valence-corrected chi connectivity index (χ2v) is 6.17. The summed E-state index contributed by atoms with van der Waals surface area (Å²) < 4.78 is 10.5. The van der Waals surface area contributed by atoms with E-state index in [1.54, 1.807) is 0 Å². The maximum absolute atomic E-state index is 12.4. The Balaban J connectivity index is 1.61. The fourth-order valence-electron chi connectivity index (χ4n) is 2.65. The van der Waals surface area contributed by atoms with Gasteiger partial charge in [-0.05, 0) is 25.3 Å². The molecule has 3 rings (SSSR count). The summed E-state index contributed by atoms with van der Waals surface area (Å²) in [5.41, 5.74) is 6.38. The molecule has 1 amide bonds. The van der Waals surface area contributed by atoms with Gasteiger partial charge in [0.15, 0.2) is 5.82 Å². The van der Waals surface area contributed by atoms with Gasteiger partial charge in [0.05, 0.1) is 18.0 Å². The summed E-state index contributed by atoms with van der Waals surface area (Å²) in [5.74, 6) is 0.767. The summed E-state index contributed by atoms with van der Waals surface area (Å²) in [6, 6.07) is 9.51. The molecular formula is C17H22N4O3. The quantitative estimate of drug-likeness (QED) is 0.857. The largest absolute Gasteiger partial charge is 0.381 e. The number of carbonyl (C=O) groups excluding carboxylic acids is 1. The first-order valence-corrected chi connectivity index (χ1v) is 8.11. The van der Waals surface area contributed by atoms with Gasteiger partial charge < -0.3 is 20.3 Å². The first-order chi connectivity index (χ1) is 11.6. The van der Waals surface area contributed by atoms with E-state index in [0.717, 1.165) is 5.56 Å². The maximum atomic E-state index is 12.4. The van der Waals surface area contributed by atoms with E-state index < -0.39 is 5.54 Å². The molecule has 1 unspecified atom stereocenters. The smallest absolute Gasteiger partial charge is 0.240 e. The van der Waals surface area contributed by atoms with Crippen molar-refractivity contribution in [2.24, 2.45) is 5.73 Å². The Morgan fingerprint density at radius 1 is 1.33 bits per heavy atom. The van der Waals surface area contributed by atoms with E-state index in [4.69, 9.17) is 15.0 Å². The van der Waals surface area contributed by atoms with Crippen LogP contribution >= 0.6 is 0 Å². The predicted octanol–water partition coefficient (Wildman–Crippen LogP) is 1.35. The summed E-state index contributed by atoms with van der Waals surface area (Å²) in [7, 11) is 0. The molecule has 0 spiro atoms. The monoisotopic (exact) mass is 330 g/mol. The molecule has 0 saturated carbocycles. The van der Waals surface area contributed by atoms with Gasteiger partial charge in [0.1, 0.15) is 0 Å². The lowest BCUT2D eigenvalue weighted by molar-refractivity contribution is -0.130. The second-order valence-electron chi connectivity index (χ2n) is 6.17. The molecule has 1 saturated heterocycles. The summed E-state index contributed by atoms with van der Waals surface area (Å²) in [4.78, 5) is 16.8. The van der Waals surface area contributed by atoms with Crippen molar-refractivity contribution in [1.82, 2.24) is 15.5 Å². The van der Waals surface area contributed by atoms with Crippen LogP contribution in [0.25, 0.3) is 0 Å². The number of hydrogen-bond acceptors (Lipinski definition) is 6. The van der Waals surface area contributed by atoms with Gasteiger partial charge in [0.2, 0.25) is 11.8 Å². The molecule has 128 valence electrons. The molecule has 24 heavy (non-hydrogen) atoms. The van der Waals surface area contributed by atoms with Crippen molar-refractivity contribution in [3.63, 3.8) is 0 Å². The van der Waals surface area contributed by atoms with Crippen molar-refractivity contribution in [3.8, 4) is 0 Å². The van der Waals surface area contributed by atoms with E-state index in [9.17, 15) is 4.79 Å². The van der Waals surface area contributed by atoms with Gasteiger partial charge in [-0.3, -0.25) is 4.79 Å². The molecule has 3 N–H and O–H groups in total. The van der Waals surface area contributed by atoms with Crippen molar-refractivity contribution < 1.29 is 14.1 Å². The minimum absolute atomic E-state index is 0.201. The Hall–Kier alpha value is -2.25. The minimum atomic E-state index is -0.886. The average Bonchev–Trinajstić information content (AvgIpc) is 3.05. The van der Waals surface area contributed by atoms with Gasteiger partial charge in [-0.15, -0.1) is 0 Å². The molecule has 0 radical (unpaired) electrons. The van der Waals surface area contributed by atoms with Gasteiger partial charge in [-0.2, -0.15) is 4.98 Å². The van der Waals surface area contributed by atoms with E-state index in [1.165, 1.54) is 0 Å².